The average Bonchev–Trinajstić information content (AvgIpc) is 3.56. The number of fused-ring (bicyclic) bond motifs is 5. The molecule has 0 saturated carbocycles. The highest BCUT2D eigenvalue weighted by molar-refractivity contribution is 7.98. The molecule has 0 unspecified atom stereocenters. The quantitative estimate of drug-likeness (QED) is 0.345. The molecular formula is C34H32N3O3S+. The normalized spacial score (nSPS) is 25.0. The highest BCUT2D eigenvalue weighted by atomic mass is 32.2. The second-order valence-electron chi connectivity index (χ2n) is 11.3. The predicted molar refractivity (Wildman–Crippen MR) is 161 cm³/mol. The number of amides is 3. The predicted octanol–water partition coefficient (Wildman–Crippen LogP) is 4.08. The lowest BCUT2D eigenvalue weighted by molar-refractivity contribution is -0.733. The zero-order valence-corrected chi connectivity index (χ0v) is 23.7. The Morgan fingerprint density at radius 3 is 2.34 bits per heavy atom. The fraction of sp³-hybridized carbons (Fsp3) is 0.265. The number of nitrogens with two attached hydrogens (primary N) is 1. The van der Waals surface area contributed by atoms with Gasteiger partial charge in [-0.2, -0.15) is 11.8 Å². The van der Waals surface area contributed by atoms with Gasteiger partial charge in [-0.1, -0.05) is 91.0 Å². The Hall–Kier alpha value is -3.94. The number of para-hydroxylation sites is 1. The first kappa shape index (κ1) is 26.0. The molecule has 2 fully saturated rings. The molecule has 1 spiro atoms. The van der Waals surface area contributed by atoms with Crippen LogP contribution in [-0.2, 0) is 33.0 Å². The van der Waals surface area contributed by atoms with Crippen LogP contribution in [0, 0.1) is 11.8 Å². The molecule has 3 aliphatic rings. The largest absolute Gasteiger partial charge is 0.326 e. The fourth-order valence-corrected chi connectivity index (χ4v) is 7.88. The Morgan fingerprint density at radius 1 is 0.780 bits per heavy atom. The minimum Gasteiger partial charge on any atom is -0.326 e. The van der Waals surface area contributed by atoms with Gasteiger partial charge in [-0.25, -0.2) is 0 Å². The van der Waals surface area contributed by atoms with Crippen molar-refractivity contribution in [2.75, 3.05) is 16.9 Å². The number of thioether (sulfide) groups is 1. The summed E-state index contributed by atoms with van der Waals surface area (Å²) in [5.74, 6) is -0.903. The summed E-state index contributed by atoms with van der Waals surface area (Å²) in [6.07, 6.45) is 2.80. The van der Waals surface area contributed by atoms with Crippen LogP contribution in [0.3, 0.4) is 0 Å². The minimum atomic E-state index is -1.16. The Balaban J connectivity index is 1.32. The summed E-state index contributed by atoms with van der Waals surface area (Å²) >= 11 is 1.72. The second-order valence-corrected chi connectivity index (χ2v) is 12.3. The number of rotatable bonds is 7. The molecule has 0 bridgehead atoms. The van der Waals surface area contributed by atoms with E-state index in [4.69, 9.17) is 0 Å². The average molecular weight is 563 g/mol. The molecule has 2 N–H and O–H groups in total. The smallest absolute Gasteiger partial charge is 0.294 e. The Morgan fingerprint density at radius 2 is 1.51 bits per heavy atom. The molecule has 4 atom stereocenters. The monoisotopic (exact) mass is 562 g/mol. The van der Waals surface area contributed by atoms with Gasteiger partial charge in [0.2, 0.25) is 17.4 Å². The van der Waals surface area contributed by atoms with Crippen molar-refractivity contribution in [2.45, 2.75) is 31.1 Å². The van der Waals surface area contributed by atoms with Crippen LogP contribution in [0.5, 0.6) is 0 Å². The summed E-state index contributed by atoms with van der Waals surface area (Å²) in [7, 11) is 0. The van der Waals surface area contributed by atoms with Crippen LogP contribution in [-0.4, -0.2) is 40.7 Å². The lowest BCUT2D eigenvalue weighted by Crippen LogP contribution is -2.99. The molecule has 6 nitrogen and oxygen atoms in total. The van der Waals surface area contributed by atoms with Gasteiger partial charge in [0.05, 0.1) is 18.8 Å². The van der Waals surface area contributed by atoms with Crippen LogP contribution < -0.4 is 10.2 Å². The third-order valence-electron chi connectivity index (χ3n) is 9.16. The number of imide groups is 1. The van der Waals surface area contributed by atoms with Crippen LogP contribution in [0.2, 0.25) is 0 Å². The molecule has 3 amide bonds. The van der Waals surface area contributed by atoms with Gasteiger partial charge in [-0.15, -0.1) is 0 Å². The molecule has 4 aromatic carbocycles. The van der Waals surface area contributed by atoms with Gasteiger partial charge in [0.15, 0.2) is 0 Å². The summed E-state index contributed by atoms with van der Waals surface area (Å²) in [6, 6.07) is 31.7. The van der Waals surface area contributed by atoms with Crippen molar-refractivity contribution >= 4 is 45.9 Å². The van der Waals surface area contributed by atoms with E-state index in [1.165, 1.54) is 4.90 Å². The summed E-state index contributed by atoms with van der Waals surface area (Å²) in [6.45, 7) is 0.627. The number of benzene rings is 4. The lowest BCUT2D eigenvalue weighted by Gasteiger charge is -2.28. The van der Waals surface area contributed by atoms with Crippen LogP contribution >= 0.6 is 11.8 Å². The third-order valence-corrected chi connectivity index (χ3v) is 9.80. The zero-order chi connectivity index (χ0) is 28.1. The molecule has 0 aromatic heterocycles. The third kappa shape index (κ3) is 3.94. The SMILES string of the molecule is CSCC[C@H]1[NH2+][C@]2(C(=O)N(Cc3cccc4ccccc34)c3ccccc32)[C@@H]2C(=O)N(Cc3ccccc3)C(=O)[C@H]21. The zero-order valence-electron chi connectivity index (χ0n) is 22.9. The van der Waals surface area contributed by atoms with Gasteiger partial charge in [0, 0.05) is 12.0 Å². The summed E-state index contributed by atoms with van der Waals surface area (Å²) in [5, 5.41) is 4.31. The van der Waals surface area contributed by atoms with E-state index in [9.17, 15) is 14.4 Å². The van der Waals surface area contributed by atoms with E-state index in [1.807, 2.05) is 84.0 Å². The second kappa shape index (κ2) is 10.2. The number of anilines is 1. The molecule has 3 aliphatic heterocycles. The summed E-state index contributed by atoms with van der Waals surface area (Å²) in [5.41, 5.74) is 2.47. The van der Waals surface area contributed by atoms with Gasteiger partial charge < -0.3 is 10.2 Å². The van der Waals surface area contributed by atoms with Gasteiger partial charge >= 0.3 is 0 Å². The number of likely N-dealkylation sites (tertiary alicyclic amines) is 1. The van der Waals surface area contributed by atoms with E-state index in [2.05, 4.69) is 29.6 Å². The van der Waals surface area contributed by atoms with Crippen molar-refractivity contribution in [3.8, 4) is 0 Å². The highest BCUT2D eigenvalue weighted by Gasteiger charge is 2.75. The number of nitrogens with zero attached hydrogens (tertiary/aromatic N) is 2. The number of quaternary nitrogens is 1. The summed E-state index contributed by atoms with van der Waals surface area (Å²) < 4.78 is 0. The van der Waals surface area contributed by atoms with E-state index in [-0.39, 0.29) is 30.3 Å². The summed E-state index contributed by atoms with van der Waals surface area (Å²) in [4.78, 5) is 46.4. The van der Waals surface area contributed by atoms with Crippen molar-refractivity contribution < 1.29 is 19.7 Å². The minimum absolute atomic E-state index is 0.101. The van der Waals surface area contributed by atoms with Crippen LogP contribution in [0.1, 0.15) is 23.1 Å². The lowest BCUT2D eigenvalue weighted by atomic mass is 9.76. The first-order chi connectivity index (χ1) is 20.0. The molecular weight excluding hydrogens is 530 g/mol. The van der Waals surface area contributed by atoms with Crippen molar-refractivity contribution in [3.63, 3.8) is 0 Å². The van der Waals surface area contributed by atoms with Gasteiger partial charge in [-0.3, -0.25) is 19.3 Å². The van der Waals surface area contributed by atoms with Gasteiger partial charge in [0.1, 0.15) is 17.9 Å². The topological polar surface area (TPSA) is 74.3 Å². The Bertz CT molecular complexity index is 1670. The van der Waals surface area contributed by atoms with Crippen LogP contribution in [0.15, 0.2) is 97.1 Å². The maximum Gasteiger partial charge on any atom is 0.294 e. The van der Waals surface area contributed by atoms with Crippen LogP contribution in [0.25, 0.3) is 10.8 Å². The van der Waals surface area contributed by atoms with Crippen LogP contribution in [0.4, 0.5) is 5.69 Å². The number of hydrogen-bond donors (Lipinski definition) is 1. The fourth-order valence-electron chi connectivity index (χ4n) is 7.37. The maximum atomic E-state index is 14.8. The first-order valence-electron chi connectivity index (χ1n) is 14.2. The Kier molecular flexibility index (Phi) is 6.44. The van der Waals surface area contributed by atoms with Crippen molar-refractivity contribution in [1.82, 2.24) is 4.90 Å². The number of carbonyl (C=O) groups excluding carboxylic acids is 3. The van der Waals surface area contributed by atoms with Gasteiger partial charge in [-0.05, 0) is 40.0 Å². The van der Waals surface area contributed by atoms with Crippen molar-refractivity contribution in [2.24, 2.45) is 11.8 Å². The molecule has 206 valence electrons. The molecule has 7 rings (SSSR count). The number of hydrogen-bond acceptors (Lipinski definition) is 4. The van der Waals surface area contributed by atoms with Gasteiger partial charge in [0.25, 0.3) is 5.91 Å². The first-order valence-corrected chi connectivity index (χ1v) is 15.6. The van der Waals surface area contributed by atoms with E-state index in [0.717, 1.165) is 45.3 Å². The molecule has 7 heteroatoms. The van der Waals surface area contributed by atoms with Crippen molar-refractivity contribution in [1.29, 1.82) is 0 Å². The molecule has 0 radical (unpaired) electrons. The number of carbonyl (C=O) groups is 3. The molecule has 4 aromatic rings. The molecule has 3 heterocycles. The standard InChI is InChI=1S/C34H31N3O3S/c1-41-19-18-27-29-30(32(39)37(31(29)38)20-22-10-3-2-4-11-22)34(35-27)26-16-7-8-17-28(26)36(33(34)40)21-24-14-9-13-23-12-5-6-15-25(23)24/h2-17,27,29-30,35H,18-21H2,1H3/p+1/t27-,29+,30+,34+/m1/s1. The molecule has 41 heavy (non-hydrogen) atoms. The van der Waals surface area contributed by atoms with E-state index in [1.54, 1.807) is 11.8 Å². The van der Waals surface area contributed by atoms with E-state index < -0.39 is 17.4 Å². The Labute approximate surface area is 243 Å². The van der Waals surface area contributed by atoms with Crippen molar-refractivity contribution in [3.05, 3.63) is 114 Å². The molecule has 2 saturated heterocycles. The highest BCUT2D eigenvalue weighted by Crippen LogP contribution is 2.52. The van der Waals surface area contributed by atoms with E-state index >= 15 is 0 Å². The maximum absolute atomic E-state index is 14.8. The van der Waals surface area contributed by atoms with E-state index in [0.29, 0.717) is 6.54 Å². The molecule has 0 aliphatic carbocycles.